The van der Waals surface area contributed by atoms with E-state index in [4.69, 9.17) is 0 Å². The van der Waals surface area contributed by atoms with Gasteiger partial charge in [0.05, 0.1) is 16.5 Å². The van der Waals surface area contributed by atoms with Crippen molar-refractivity contribution >= 4 is 26.0 Å². The molecule has 0 aliphatic rings. The number of aliphatic hydroxyl groups excluding tert-OH is 1. The van der Waals surface area contributed by atoms with E-state index in [2.05, 4.69) is 20.7 Å². The topological polar surface area (TPSA) is 66.4 Å². The van der Waals surface area contributed by atoms with E-state index in [0.717, 1.165) is 0 Å². The smallest absolute Gasteiger partial charge is 0.241 e. The molecule has 0 radical (unpaired) electrons. The van der Waals surface area contributed by atoms with E-state index in [1.807, 2.05) is 0 Å². The van der Waals surface area contributed by atoms with Gasteiger partial charge in [-0.3, -0.25) is 0 Å². The fourth-order valence-electron chi connectivity index (χ4n) is 1.35. The Balaban J connectivity index is 3.19. The van der Waals surface area contributed by atoms with Gasteiger partial charge >= 0.3 is 0 Å². The van der Waals surface area contributed by atoms with Crippen LogP contribution >= 0.6 is 15.9 Å². The Morgan fingerprint density at radius 3 is 2.44 bits per heavy atom. The minimum Gasteiger partial charge on any atom is -0.391 e. The van der Waals surface area contributed by atoms with E-state index in [1.165, 1.54) is 0 Å². The average molecular weight is 336 g/mol. The fourth-order valence-corrected chi connectivity index (χ4v) is 3.61. The first-order valence-electron chi connectivity index (χ1n) is 5.54. The molecule has 0 spiro atoms. The van der Waals surface area contributed by atoms with Gasteiger partial charge in [-0.2, -0.15) is 0 Å². The largest absolute Gasteiger partial charge is 0.391 e. The maximum Gasteiger partial charge on any atom is 0.241 e. The zero-order chi connectivity index (χ0) is 14.1. The monoisotopic (exact) mass is 335 g/mol. The highest BCUT2D eigenvalue weighted by Gasteiger charge is 2.31. The number of rotatable bonds is 4. The molecule has 6 heteroatoms. The van der Waals surface area contributed by atoms with E-state index in [0.29, 0.717) is 10.0 Å². The lowest BCUT2D eigenvalue weighted by Crippen LogP contribution is -2.50. The summed E-state index contributed by atoms with van der Waals surface area (Å²) in [5, 5.41) is 9.58. The van der Waals surface area contributed by atoms with Crippen LogP contribution in [0.2, 0.25) is 0 Å². The lowest BCUT2D eigenvalue weighted by Gasteiger charge is -2.29. The number of hydrogen-bond donors (Lipinski definition) is 2. The summed E-state index contributed by atoms with van der Waals surface area (Å²) in [7, 11) is -3.66. The van der Waals surface area contributed by atoms with Crippen LogP contribution in [-0.2, 0) is 10.0 Å². The molecule has 1 unspecified atom stereocenters. The van der Waals surface area contributed by atoms with Gasteiger partial charge in [-0.25, -0.2) is 13.1 Å². The molecule has 0 amide bonds. The molecule has 102 valence electrons. The number of halogens is 1. The summed E-state index contributed by atoms with van der Waals surface area (Å²) in [6.45, 7) is 6.57. The van der Waals surface area contributed by atoms with Crippen molar-refractivity contribution < 1.29 is 13.5 Å². The van der Waals surface area contributed by atoms with Crippen LogP contribution in [-0.4, -0.2) is 25.2 Å². The maximum atomic E-state index is 12.3. The molecule has 4 nitrogen and oxygen atoms in total. The molecule has 1 aromatic rings. The van der Waals surface area contributed by atoms with Crippen molar-refractivity contribution in [3.8, 4) is 0 Å². The number of sulfonamides is 1. The van der Waals surface area contributed by atoms with Gasteiger partial charge in [-0.1, -0.05) is 22.0 Å². The predicted molar refractivity (Wildman–Crippen MR) is 75.0 cm³/mol. The van der Waals surface area contributed by atoms with Crippen molar-refractivity contribution in [1.29, 1.82) is 0 Å². The lowest BCUT2D eigenvalue weighted by atomic mass is 10.0. The maximum absolute atomic E-state index is 12.3. The number of nitrogens with one attached hydrogen (secondary N) is 1. The zero-order valence-corrected chi connectivity index (χ0v) is 13.3. The Hall–Kier alpha value is -0.430. The van der Waals surface area contributed by atoms with Gasteiger partial charge in [0.15, 0.2) is 0 Å². The third kappa shape index (κ3) is 3.54. The van der Waals surface area contributed by atoms with Crippen molar-refractivity contribution in [1.82, 2.24) is 4.72 Å². The predicted octanol–water partition coefficient (Wildman–Crippen LogP) is 2.20. The second-order valence-corrected chi connectivity index (χ2v) is 7.48. The first-order valence-corrected chi connectivity index (χ1v) is 7.82. The summed E-state index contributed by atoms with van der Waals surface area (Å²) in [6, 6.07) is 5.07. The van der Waals surface area contributed by atoms with Crippen molar-refractivity contribution in [3.05, 3.63) is 28.2 Å². The summed E-state index contributed by atoms with van der Waals surface area (Å²) >= 11 is 3.26. The molecule has 1 rings (SSSR count). The van der Waals surface area contributed by atoms with Crippen LogP contribution in [0.3, 0.4) is 0 Å². The molecule has 0 heterocycles. The van der Waals surface area contributed by atoms with Gasteiger partial charge in [0.1, 0.15) is 0 Å². The second kappa shape index (κ2) is 5.28. The van der Waals surface area contributed by atoms with Gasteiger partial charge < -0.3 is 5.11 Å². The van der Waals surface area contributed by atoms with E-state index < -0.39 is 21.7 Å². The number of aryl methyl sites for hydroxylation is 1. The first-order chi connectivity index (χ1) is 8.06. The number of hydrogen-bond acceptors (Lipinski definition) is 3. The summed E-state index contributed by atoms with van der Waals surface area (Å²) in [5.74, 6) is 0. The molecule has 0 aliphatic heterocycles. The minimum absolute atomic E-state index is 0.214. The summed E-state index contributed by atoms with van der Waals surface area (Å²) < 4.78 is 27.8. The molecular weight excluding hydrogens is 318 g/mol. The molecule has 0 saturated carbocycles. The van der Waals surface area contributed by atoms with Crippen LogP contribution in [0.25, 0.3) is 0 Å². The van der Waals surface area contributed by atoms with Crippen LogP contribution in [0.4, 0.5) is 0 Å². The molecule has 1 aromatic carbocycles. The van der Waals surface area contributed by atoms with Crippen molar-refractivity contribution in [3.63, 3.8) is 0 Å². The molecule has 1 atom stereocenters. The third-order valence-electron chi connectivity index (χ3n) is 2.88. The van der Waals surface area contributed by atoms with E-state index in [9.17, 15) is 13.5 Å². The molecule has 0 saturated heterocycles. The van der Waals surface area contributed by atoms with Gasteiger partial charge in [-0.05, 0) is 45.4 Å². The Morgan fingerprint density at radius 2 is 1.94 bits per heavy atom. The van der Waals surface area contributed by atoms with Crippen molar-refractivity contribution in [2.24, 2.45) is 0 Å². The molecule has 2 N–H and O–H groups in total. The minimum atomic E-state index is -3.66. The molecule has 0 aromatic heterocycles. The first kappa shape index (κ1) is 15.6. The molecule has 18 heavy (non-hydrogen) atoms. The lowest BCUT2D eigenvalue weighted by molar-refractivity contribution is 0.111. The summed E-state index contributed by atoms with van der Waals surface area (Å²) in [5.41, 5.74) is -0.264. The third-order valence-corrected chi connectivity index (χ3v) is 5.19. The van der Waals surface area contributed by atoms with Crippen molar-refractivity contribution in [2.75, 3.05) is 0 Å². The highest BCUT2D eigenvalue weighted by molar-refractivity contribution is 9.10. The average Bonchev–Trinajstić information content (AvgIpc) is 2.19. The van der Waals surface area contributed by atoms with Gasteiger partial charge in [0.2, 0.25) is 10.0 Å². The van der Waals surface area contributed by atoms with Crippen molar-refractivity contribution in [2.45, 2.75) is 44.2 Å². The quantitative estimate of drug-likeness (QED) is 0.886. The highest BCUT2D eigenvalue weighted by Crippen LogP contribution is 2.22. The van der Waals surface area contributed by atoms with Gasteiger partial charge in [0.25, 0.3) is 0 Å². The fraction of sp³-hybridized carbons (Fsp3) is 0.500. The van der Waals surface area contributed by atoms with Crippen LogP contribution in [0.1, 0.15) is 26.3 Å². The second-order valence-electron chi connectivity index (χ2n) is 4.91. The summed E-state index contributed by atoms with van der Waals surface area (Å²) in [4.78, 5) is 0.214. The molecule has 0 aliphatic carbocycles. The summed E-state index contributed by atoms with van der Waals surface area (Å²) in [6.07, 6.45) is -0.792. The molecule has 0 bridgehead atoms. The van der Waals surface area contributed by atoms with Gasteiger partial charge in [-0.15, -0.1) is 0 Å². The Labute approximate surface area is 117 Å². The van der Waals surface area contributed by atoms with E-state index >= 15 is 0 Å². The number of aliphatic hydroxyl groups is 1. The normalized spacial score (nSPS) is 14.6. The van der Waals surface area contributed by atoms with E-state index in [1.54, 1.807) is 45.9 Å². The molecular formula is C12H18BrNO3S. The number of benzene rings is 1. The van der Waals surface area contributed by atoms with Gasteiger partial charge in [0, 0.05) is 4.47 Å². The van der Waals surface area contributed by atoms with Crippen LogP contribution < -0.4 is 4.72 Å². The van der Waals surface area contributed by atoms with E-state index in [-0.39, 0.29) is 4.90 Å². The Bertz CT molecular complexity index is 538. The highest BCUT2D eigenvalue weighted by atomic mass is 79.9. The van der Waals surface area contributed by atoms with Crippen LogP contribution in [0.15, 0.2) is 27.6 Å². The molecule has 0 fully saturated rings. The van der Waals surface area contributed by atoms with Crippen LogP contribution in [0, 0.1) is 6.92 Å². The zero-order valence-electron chi connectivity index (χ0n) is 10.9. The standard InChI is InChI=1S/C12H18BrNO3S/c1-8-5-6-10(13)7-11(8)18(16,17)14-12(3,4)9(2)15/h5-7,9,14-15H,1-4H3. The SMILES string of the molecule is Cc1ccc(Br)cc1S(=O)(=O)NC(C)(C)C(C)O. The Morgan fingerprint density at radius 1 is 1.39 bits per heavy atom. The Kier molecular flexibility index (Phi) is 4.59. The van der Waals surface area contributed by atoms with Crippen LogP contribution in [0.5, 0.6) is 0 Å².